The lowest BCUT2D eigenvalue weighted by atomic mass is 9.95. The van der Waals surface area contributed by atoms with Gasteiger partial charge in [-0.05, 0) is 47.1 Å². The fraction of sp³-hybridized carbons (Fsp3) is 0.321. The van der Waals surface area contributed by atoms with E-state index >= 15 is 0 Å². The van der Waals surface area contributed by atoms with Crippen LogP contribution in [0.4, 0.5) is 5.69 Å². The Labute approximate surface area is 204 Å². The normalized spacial score (nSPS) is 17.5. The molecule has 2 fully saturated rings. The summed E-state index contributed by atoms with van der Waals surface area (Å²) in [6.45, 7) is 4.67. The van der Waals surface area contributed by atoms with E-state index in [0.717, 1.165) is 55.9 Å². The minimum Gasteiger partial charge on any atom is -0.379 e. The van der Waals surface area contributed by atoms with E-state index in [-0.39, 0.29) is 17.7 Å². The number of imide groups is 1. The molecule has 0 unspecified atom stereocenters. The molecule has 6 rings (SSSR count). The van der Waals surface area contributed by atoms with E-state index in [0.29, 0.717) is 19.3 Å². The number of nitrogens with zero attached hydrogens (tertiary/aromatic N) is 1. The van der Waals surface area contributed by atoms with E-state index in [1.54, 1.807) is 0 Å². The molecule has 3 aromatic carbocycles. The summed E-state index contributed by atoms with van der Waals surface area (Å²) in [5.41, 5.74) is 5.60. The number of anilines is 1. The molecule has 7 heteroatoms. The average Bonchev–Trinajstić information content (AvgIpc) is 3.20. The third-order valence-corrected chi connectivity index (χ3v) is 6.64. The first-order valence-corrected chi connectivity index (χ1v) is 12.1. The number of amides is 3. The summed E-state index contributed by atoms with van der Waals surface area (Å²) in [6.07, 6.45) is 2.59. The van der Waals surface area contributed by atoms with Crippen molar-refractivity contribution in [3.8, 4) is 0 Å². The molecule has 3 aliphatic rings. The number of ether oxygens (including phenoxy) is 1. The number of morpholine rings is 1. The van der Waals surface area contributed by atoms with Crippen molar-refractivity contribution in [1.29, 1.82) is 0 Å². The van der Waals surface area contributed by atoms with E-state index in [9.17, 15) is 14.4 Å². The molecule has 3 aromatic rings. The quantitative estimate of drug-likeness (QED) is 0.568. The SMILES string of the molecule is O=C1CCCC(=O)N1.O=C1Nc2ccc(Cc3ccc(CN4CCOCC4)cc3)c3cccc1c23. The molecule has 2 saturated heterocycles. The van der Waals surface area contributed by atoms with Crippen molar-refractivity contribution in [3.05, 3.63) is 76.9 Å². The Bertz CT molecular complexity index is 1250. The summed E-state index contributed by atoms with van der Waals surface area (Å²) in [5.74, 6) is -0.275. The molecule has 0 atom stereocenters. The average molecular weight is 472 g/mol. The molecule has 3 amide bonds. The first-order chi connectivity index (χ1) is 17.1. The molecule has 0 saturated carbocycles. The van der Waals surface area contributed by atoms with Crippen molar-refractivity contribution < 1.29 is 19.1 Å². The largest absolute Gasteiger partial charge is 0.379 e. The van der Waals surface area contributed by atoms with E-state index in [1.807, 2.05) is 18.2 Å². The summed E-state index contributed by atoms with van der Waals surface area (Å²) in [4.78, 5) is 35.2. The summed E-state index contributed by atoms with van der Waals surface area (Å²) >= 11 is 0. The Kier molecular flexibility index (Phi) is 6.88. The van der Waals surface area contributed by atoms with Crippen LogP contribution in [-0.4, -0.2) is 48.9 Å². The minimum absolute atomic E-state index is 0.000200. The molecule has 0 aromatic heterocycles. The number of nitrogens with one attached hydrogen (secondary N) is 2. The smallest absolute Gasteiger partial charge is 0.256 e. The highest BCUT2D eigenvalue weighted by Gasteiger charge is 2.22. The predicted octanol–water partition coefficient (Wildman–Crippen LogP) is 3.64. The summed E-state index contributed by atoms with van der Waals surface area (Å²) in [7, 11) is 0. The van der Waals surface area contributed by atoms with Gasteiger partial charge in [-0.15, -0.1) is 0 Å². The molecular formula is C28H29N3O4. The second kappa shape index (κ2) is 10.4. The maximum Gasteiger partial charge on any atom is 0.256 e. The van der Waals surface area contributed by atoms with E-state index in [2.05, 4.69) is 51.9 Å². The topological polar surface area (TPSA) is 87.7 Å². The van der Waals surface area contributed by atoms with Gasteiger partial charge in [-0.1, -0.05) is 42.5 Å². The Balaban J connectivity index is 0.000000271. The molecule has 7 nitrogen and oxygen atoms in total. The highest BCUT2D eigenvalue weighted by atomic mass is 16.5. The first-order valence-electron chi connectivity index (χ1n) is 12.1. The van der Waals surface area contributed by atoms with Crippen molar-refractivity contribution >= 4 is 34.2 Å². The van der Waals surface area contributed by atoms with Gasteiger partial charge < -0.3 is 10.1 Å². The molecular weight excluding hydrogens is 442 g/mol. The zero-order valence-electron chi connectivity index (χ0n) is 19.6. The van der Waals surface area contributed by atoms with Crippen LogP contribution in [0.1, 0.15) is 46.3 Å². The Morgan fingerprint density at radius 2 is 1.51 bits per heavy atom. The van der Waals surface area contributed by atoms with Crippen LogP contribution in [0.3, 0.4) is 0 Å². The van der Waals surface area contributed by atoms with Crippen molar-refractivity contribution in [2.24, 2.45) is 0 Å². The van der Waals surface area contributed by atoms with Gasteiger partial charge >= 0.3 is 0 Å². The molecule has 0 aliphatic carbocycles. The second-order valence-electron chi connectivity index (χ2n) is 9.16. The maximum absolute atomic E-state index is 12.1. The first kappa shape index (κ1) is 23.2. The monoisotopic (exact) mass is 471 g/mol. The van der Waals surface area contributed by atoms with Crippen molar-refractivity contribution in [2.45, 2.75) is 32.2 Å². The number of carbonyl (C=O) groups is 3. The summed E-state index contributed by atoms with van der Waals surface area (Å²) in [5, 5.41) is 7.38. The second-order valence-corrected chi connectivity index (χ2v) is 9.16. The Morgan fingerprint density at radius 3 is 2.20 bits per heavy atom. The molecule has 3 heterocycles. The molecule has 0 radical (unpaired) electrons. The molecule has 0 bridgehead atoms. The van der Waals surface area contributed by atoms with Gasteiger partial charge in [0.1, 0.15) is 0 Å². The van der Waals surface area contributed by atoms with Crippen LogP contribution in [0.25, 0.3) is 10.8 Å². The van der Waals surface area contributed by atoms with Gasteiger partial charge in [0, 0.05) is 49.1 Å². The van der Waals surface area contributed by atoms with Crippen LogP contribution in [0.5, 0.6) is 0 Å². The van der Waals surface area contributed by atoms with Crippen molar-refractivity contribution in [1.82, 2.24) is 10.2 Å². The third-order valence-electron chi connectivity index (χ3n) is 6.64. The van der Waals surface area contributed by atoms with Gasteiger partial charge in [0.05, 0.1) is 13.2 Å². The van der Waals surface area contributed by atoms with Gasteiger partial charge in [-0.3, -0.25) is 24.6 Å². The van der Waals surface area contributed by atoms with Crippen LogP contribution in [0.15, 0.2) is 54.6 Å². The van der Waals surface area contributed by atoms with E-state index in [4.69, 9.17) is 4.74 Å². The van der Waals surface area contributed by atoms with Gasteiger partial charge in [-0.25, -0.2) is 0 Å². The van der Waals surface area contributed by atoms with Crippen LogP contribution in [-0.2, 0) is 27.3 Å². The minimum atomic E-state index is -0.138. The van der Waals surface area contributed by atoms with Gasteiger partial charge in [0.2, 0.25) is 11.8 Å². The maximum atomic E-state index is 12.1. The standard InChI is InChI=1S/C23H22N2O2.C5H7NO2/c26-23-20-3-1-2-19-18(8-9-21(24-23)22(19)20)14-16-4-6-17(7-5-16)15-25-10-12-27-13-11-25;7-4-2-1-3-5(8)6-4/h1-9H,10-15H2,(H,24,26);1-3H2,(H,6,7,8). The molecule has 180 valence electrons. The van der Waals surface area contributed by atoms with Gasteiger partial charge in [0.25, 0.3) is 5.91 Å². The van der Waals surface area contributed by atoms with Crippen molar-refractivity contribution in [2.75, 3.05) is 31.6 Å². The number of piperidine rings is 1. The zero-order valence-corrected chi connectivity index (χ0v) is 19.6. The lowest BCUT2D eigenvalue weighted by Crippen LogP contribution is -2.35. The zero-order chi connectivity index (χ0) is 24.2. The van der Waals surface area contributed by atoms with Crippen LogP contribution >= 0.6 is 0 Å². The van der Waals surface area contributed by atoms with Crippen LogP contribution in [0.2, 0.25) is 0 Å². The van der Waals surface area contributed by atoms with Gasteiger partial charge in [-0.2, -0.15) is 0 Å². The van der Waals surface area contributed by atoms with Crippen LogP contribution < -0.4 is 10.6 Å². The lowest BCUT2D eigenvalue weighted by molar-refractivity contribution is -0.132. The lowest BCUT2D eigenvalue weighted by Gasteiger charge is -2.26. The van der Waals surface area contributed by atoms with Gasteiger partial charge in [0.15, 0.2) is 0 Å². The van der Waals surface area contributed by atoms with Crippen LogP contribution in [0, 0.1) is 0 Å². The number of hydrogen-bond acceptors (Lipinski definition) is 5. The van der Waals surface area contributed by atoms with E-state index < -0.39 is 0 Å². The highest BCUT2D eigenvalue weighted by molar-refractivity contribution is 6.24. The number of rotatable bonds is 4. The predicted molar refractivity (Wildman–Crippen MR) is 134 cm³/mol. The highest BCUT2D eigenvalue weighted by Crippen LogP contribution is 2.35. The Hall–Kier alpha value is -3.55. The Morgan fingerprint density at radius 1 is 0.800 bits per heavy atom. The number of benzene rings is 3. The fourth-order valence-corrected chi connectivity index (χ4v) is 4.79. The van der Waals surface area contributed by atoms with E-state index in [1.165, 1.54) is 22.1 Å². The fourth-order valence-electron chi connectivity index (χ4n) is 4.79. The molecule has 2 N–H and O–H groups in total. The summed E-state index contributed by atoms with van der Waals surface area (Å²) < 4.78 is 5.42. The molecule has 35 heavy (non-hydrogen) atoms. The molecule has 0 spiro atoms. The van der Waals surface area contributed by atoms with Crippen molar-refractivity contribution in [3.63, 3.8) is 0 Å². The summed E-state index contributed by atoms with van der Waals surface area (Å²) in [6, 6.07) is 19.1. The number of hydrogen-bond donors (Lipinski definition) is 2. The molecule has 3 aliphatic heterocycles. The number of carbonyl (C=O) groups excluding carboxylic acids is 3. The third kappa shape index (κ3) is 5.42.